The zero-order valence-electron chi connectivity index (χ0n) is 13.2. The van der Waals surface area contributed by atoms with Gasteiger partial charge in [-0.1, -0.05) is 43.0 Å². The van der Waals surface area contributed by atoms with Crippen LogP contribution >= 0.6 is 11.6 Å². The number of carbonyl (C=O) groups excluding carboxylic acids is 1. The molecule has 0 unspecified atom stereocenters. The van der Waals surface area contributed by atoms with Gasteiger partial charge in [-0.05, 0) is 44.4 Å². The van der Waals surface area contributed by atoms with Crippen LogP contribution in [0.15, 0.2) is 24.3 Å². The molecule has 1 aromatic rings. The van der Waals surface area contributed by atoms with Gasteiger partial charge < -0.3 is 10.2 Å². The Morgan fingerprint density at radius 1 is 1.19 bits per heavy atom. The third-order valence-corrected chi connectivity index (χ3v) is 4.68. The highest BCUT2D eigenvalue weighted by Crippen LogP contribution is 2.24. The summed E-state index contributed by atoms with van der Waals surface area (Å²) < 4.78 is 0. The molecular weight excluding hydrogens is 284 g/mol. The molecule has 0 radical (unpaired) electrons. The number of amides is 2. The molecule has 1 aromatic carbocycles. The largest absolute Gasteiger partial charge is 0.329 e. The molecule has 2 rings (SSSR count). The van der Waals surface area contributed by atoms with E-state index in [0.717, 1.165) is 18.4 Å². The van der Waals surface area contributed by atoms with Crippen LogP contribution in [0.5, 0.6) is 0 Å². The number of hydrogen-bond donors (Lipinski definition) is 1. The first-order valence-corrected chi connectivity index (χ1v) is 8.09. The van der Waals surface area contributed by atoms with Crippen LogP contribution in [0.25, 0.3) is 0 Å². The van der Waals surface area contributed by atoms with E-state index >= 15 is 0 Å². The Balaban J connectivity index is 2.01. The number of rotatable bonds is 3. The van der Waals surface area contributed by atoms with Crippen molar-refractivity contribution in [2.45, 2.75) is 57.5 Å². The van der Waals surface area contributed by atoms with Crippen LogP contribution < -0.4 is 5.32 Å². The number of urea groups is 1. The zero-order valence-corrected chi connectivity index (χ0v) is 13.9. The van der Waals surface area contributed by atoms with Gasteiger partial charge in [0, 0.05) is 18.1 Å². The molecule has 0 atom stereocenters. The summed E-state index contributed by atoms with van der Waals surface area (Å²) in [6.45, 7) is 4.03. The summed E-state index contributed by atoms with van der Waals surface area (Å²) in [4.78, 5) is 14.4. The summed E-state index contributed by atoms with van der Waals surface area (Å²) in [6.07, 6.45) is 5.98. The molecule has 1 N–H and O–H groups in total. The van der Waals surface area contributed by atoms with Crippen LogP contribution in [0.3, 0.4) is 0 Å². The van der Waals surface area contributed by atoms with Crippen molar-refractivity contribution in [2.75, 3.05) is 7.05 Å². The fourth-order valence-electron chi connectivity index (χ4n) is 2.93. The van der Waals surface area contributed by atoms with Gasteiger partial charge in [0.15, 0.2) is 0 Å². The molecule has 0 spiro atoms. The number of halogens is 1. The highest BCUT2D eigenvalue weighted by Gasteiger charge is 2.28. The Kier molecular flexibility index (Phi) is 5.15. The second-order valence-electron chi connectivity index (χ2n) is 6.46. The molecule has 1 fully saturated rings. The topological polar surface area (TPSA) is 32.3 Å². The maximum absolute atomic E-state index is 12.5. The Labute approximate surface area is 132 Å². The van der Waals surface area contributed by atoms with Gasteiger partial charge in [0.2, 0.25) is 0 Å². The fraction of sp³-hybridized carbons (Fsp3) is 0.588. The SMILES string of the molecule is CN(C(=O)NC(C)(C)c1ccc(Cl)cc1)C1CCCCC1. The Bertz CT molecular complexity index is 478. The summed E-state index contributed by atoms with van der Waals surface area (Å²) in [7, 11) is 1.91. The van der Waals surface area contributed by atoms with Crippen molar-refractivity contribution < 1.29 is 4.79 Å². The van der Waals surface area contributed by atoms with Crippen molar-refractivity contribution in [2.24, 2.45) is 0 Å². The highest BCUT2D eigenvalue weighted by atomic mass is 35.5. The predicted octanol–water partition coefficient (Wildman–Crippen LogP) is 4.55. The van der Waals surface area contributed by atoms with Crippen molar-refractivity contribution in [3.8, 4) is 0 Å². The van der Waals surface area contributed by atoms with Gasteiger partial charge in [-0.3, -0.25) is 0 Å². The van der Waals surface area contributed by atoms with Crippen LogP contribution in [0.4, 0.5) is 4.79 Å². The van der Waals surface area contributed by atoms with Crippen LogP contribution in [-0.2, 0) is 5.54 Å². The van der Waals surface area contributed by atoms with Gasteiger partial charge in [-0.25, -0.2) is 4.79 Å². The van der Waals surface area contributed by atoms with Crippen LogP contribution in [0, 0.1) is 0 Å². The molecule has 1 aliphatic carbocycles. The normalized spacial score (nSPS) is 16.6. The standard InChI is InChI=1S/C17H25ClN2O/c1-17(2,13-9-11-14(18)12-10-13)19-16(21)20(3)15-7-5-4-6-8-15/h9-12,15H,4-8H2,1-3H3,(H,19,21). The zero-order chi connectivity index (χ0) is 15.5. The molecule has 116 valence electrons. The number of hydrogen-bond acceptors (Lipinski definition) is 1. The molecule has 0 bridgehead atoms. The van der Waals surface area contributed by atoms with Gasteiger partial charge in [0.05, 0.1) is 5.54 Å². The van der Waals surface area contributed by atoms with Crippen molar-refractivity contribution in [1.82, 2.24) is 10.2 Å². The van der Waals surface area contributed by atoms with Gasteiger partial charge >= 0.3 is 6.03 Å². The Morgan fingerprint density at radius 3 is 2.33 bits per heavy atom. The molecule has 0 aliphatic heterocycles. The van der Waals surface area contributed by atoms with E-state index in [1.807, 2.05) is 50.1 Å². The van der Waals surface area contributed by atoms with E-state index in [-0.39, 0.29) is 6.03 Å². The van der Waals surface area contributed by atoms with Gasteiger partial charge in [0.25, 0.3) is 0 Å². The molecule has 3 nitrogen and oxygen atoms in total. The summed E-state index contributed by atoms with van der Waals surface area (Å²) in [5, 5.41) is 3.84. The quantitative estimate of drug-likeness (QED) is 0.873. The van der Waals surface area contributed by atoms with E-state index in [1.165, 1.54) is 19.3 Å². The lowest BCUT2D eigenvalue weighted by Crippen LogP contribution is -2.50. The molecule has 1 saturated carbocycles. The number of benzene rings is 1. The molecule has 21 heavy (non-hydrogen) atoms. The minimum absolute atomic E-state index is 0.00171. The minimum Gasteiger partial charge on any atom is -0.329 e. The highest BCUT2D eigenvalue weighted by molar-refractivity contribution is 6.30. The second kappa shape index (κ2) is 6.69. The van der Waals surface area contributed by atoms with E-state index in [1.54, 1.807) is 0 Å². The lowest BCUT2D eigenvalue weighted by atomic mass is 9.93. The number of nitrogens with one attached hydrogen (secondary N) is 1. The van der Waals surface area contributed by atoms with E-state index in [4.69, 9.17) is 11.6 Å². The maximum atomic E-state index is 12.5. The summed E-state index contributed by atoms with van der Waals surface area (Å²) in [5.74, 6) is 0. The van der Waals surface area contributed by atoms with Gasteiger partial charge in [0.1, 0.15) is 0 Å². The van der Waals surface area contributed by atoms with Gasteiger partial charge in [-0.15, -0.1) is 0 Å². The number of nitrogens with zero attached hydrogens (tertiary/aromatic N) is 1. The van der Waals surface area contributed by atoms with E-state index in [0.29, 0.717) is 11.1 Å². The van der Waals surface area contributed by atoms with Crippen molar-refractivity contribution in [3.05, 3.63) is 34.9 Å². The first kappa shape index (κ1) is 16.2. The second-order valence-corrected chi connectivity index (χ2v) is 6.90. The maximum Gasteiger partial charge on any atom is 0.318 e. The third kappa shape index (κ3) is 4.13. The van der Waals surface area contributed by atoms with Crippen LogP contribution in [-0.4, -0.2) is 24.0 Å². The molecule has 0 heterocycles. The molecule has 2 amide bonds. The average molecular weight is 309 g/mol. The smallest absolute Gasteiger partial charge is 0.318 e. The monoisotopic (exact) mass is 308 g/mol. The minimum atomic E-state index is -0.412. The average Bonchev–Trinajstić information content (AvgIpc) is 2.47. The molecule has 4 heteroatoms. The molecule has 0 saturated heterocycles. The van der Waals surface area contributed by atoms with E-state index in [2.05, 4.69) is 5.32 Å². The van der Waals surface area contributed by atoms with Crippen molar-refractivity contribution >= 4 is 17.6 Å². The van der Waals surface area contributed by atoms with Gasteiger partial charge in [-0.2, -0.15) is 0 Å². The summed E-state index contributed by atoms with van der Waals surface area (Å²) in [5.41, 5.74) is 0.641. The lowest BCUT2D eigenvalue weighted by Gasteiger charge is -2.35. The van der Waals surface area contributed by atoms with E-state index < -0.39 is 5.54 Å². The molecule has 0 aromatic heterocycles. The van der Waals surface area contributed by atoms with E-state index in [9.17, 15) is 4.79 Å². The van der Waals surface area contributed by atoms with Crippen molar-refractivity contribution in [3.63, 3.8) is 0 Å². The predicted molar refractivity (Wildman–Crippen MR) is 87.6 cm³/mol. The molecular formula is C17H25ClN2O. The Hall–Kier alpha value is -1.22. The van der Waals surface area contributed by atoms with Crippen LogP contribution in [0.1, 0.15) is 51.5 Å². The first-order valence-electron chi connectivity index (χ1n) is 7.71. The summed E-state index contributed by atoms with van der Waals surface area (Å²) >= 11 is 5.92. The lowest BCUT2D eigenvalue weighted by molar-refractivity contribution is 0.164. The fourth-order valence-corrected chi connectivity index (χ4v) is 3.05. The Morgan fingerprint density at radius 2 is 1.76 bits per heavy atom. The number of carbonyl (C=O) groups is 1. The third-order valence-electron chi connectivity index (χ3n) is 4.43. The first-order chi connectivity index (χ1) is 9.90. The van der Waals surface area contributed by atoms with Crippen molar-refractivity contribution in [1.29, 1.82) is 0 Å². The van der Waals surface area contributed by atoms with Crippen LogP contribution in [0.2, 0.25) is 5.02 Å². The summed E-state index contributed by atoms with van der Waals surface area (Å²) in [6, 6.07) is 8.01. The molecule has 1 aliphatic rings.